The molecule has 160 valence electrons. The molecule has 4 rings (SSSR count). The van der Waals surface area contributed by atoms with Crippen LogP contribution in [-0.4, -0.2) is 16.1 Å². The third kappa shape index (κ3) is 4.42. The smallest absolute Gasteiger partial charge is 0.0656 e. The van der Waals surface area contributed by atoms with Crippen LogP contribution in [0, 0.1) is 0 Å². The number of benzene rings is 3. The molecule has 0 saturated heterocycles. The van der Waals surface area contributed by atoms with E-state index in [1.54, 1.807) is 15.9 Å². The zero-order chi connectivity index (χ0) is 22.4. The molecule has 0 unspecified atom stereocenters. The Bertz CT molecular complexity index is 1110. The maximum Gasteiger partial charge on any atom is 0.0776 e. The van der Waals surface area contributed by atoms with Crippen LogP contribution in [0.3, 0.4) is 0 Å². The molecule has 0 radical (unpaired) electrons. The second-order valence-electron chi connectivity index (χ2n) is 11.1. The van der Waals surface area contributed by atoms with Gasteiger partial charge in [0.1, 0.15) is 0 Å². The summed E-state index contributed by atoms with van der Waals surface area (Å²) < 4.78 is 0. The summed E-state index contributed by atoms with van der Waals surface area (Å²) in [7, 11) is -2.89. The summed E-state index contributed by atoms with van der Waals surface area (Å²) >= 11 is 0. The molecule has 0 saturated carbocycles. The Kier molecular flexibility index (Phi) is 5.74. The Morgan fingerprint density at radius 3 is 1.87 bits per heavy atom. The molecule has 31 heavy (non-hydrogen) atoms. The lowest BCUT2D eigenvalue weighted by molar-refractivity contribution is 1.04. The van der Waals surface area contributed by atoms with Crippen molar-refractivity contribution in [1.82, 2.24) is 0 Å². The van der Waals surface area contributed by atoms with Crippen molar-refractivity contribution in [3.8, 4) is 22.3 Å². The maximum absolute atomic E-state index is 2.54. The first-order chi connectivity index (χ1) is 14.6. The minimum atomic E-state index is -1.44. The van der Waals surface area contributed by atoms with Crippen LogP contribution in [0.2, 0.25) is 39.3 Å². The molecule has 0 spiro atoms. The van der Waals surface area contributed by atoms with Gasteiger partial charge in [-0.15, -0.1) is 0 Å². The Balaban J connectivity index is 2.06. The molecule has 1 aliphatic carbocycles. The van der Waals surface area contributed by atoms with E-state index in [9.17, 15) is 0 Å². The Morgan fingerprint density at radius 2 is 1.32 bits per heavy atom. The lowest BCUT2D eigenvalue weighted by Gasteiger charge is -2.25. The van der Waals surface area contributed by atoms with Crippen molar-refractivity contribution < 1.29 is 0 Å². The highest BCUT2D eigenvalue weighted by molar-refractivity contribution is 6.91. The van der Waals surface area contributed by atoms with Gasteiger partial charge in [0.25, 0.3) is 0 Å². The first-order valence-electron chi connectivity index (χ1n) is 11.6. The molecule has 3 aromatic rings. The predicted octanol–water partition coefficient (Wildman–Crippen LogP) is 7.46. The van der Waals surface area contributed by atoms with Crippen molar-refractivity contribution in [1.29, 1.82) is 0 Å². The normalized spacial score (nSPS) is 13.8. The standard InChI is InChI=1S/C29H36Si2/c1-8-21-16-23-14-15-27(22-12-10-9-11-13-22)29(28(23)17-21)24-18-25(30(2,3)4)20-26(19-24)31(5,6)7/h9-15,17-20H,8,16H2,1-7H3. The van der Waals surface area contributed by atoms with E-state index in [1.165, 1.54) is 33.4 Å². The molecule has 0 atom stereocenters. The largest absolute Gasteiger partial charge is 0.0776 e. The quantitative estimate of drug-likeness (QED) is 0.361. The molecular weight excluding hydrogens is 404 g/mol. The maximum atomic E-state index is 2.54. The number of rotatable bonds is 5. The molecule has 0 aliphatic heterocycles. The second-order valence-corrected chi connectivity index (χ2v) is 21.2. The highest BCUT2D eigenvalue weighted by atomic mass is 28.3. The van der Waals surface area contributed by atoms with Crippen LogP contribution in [0.5, 0.6) is 0 Å². The summed E-state index contributed by atoms with van der Waals surface area (Å²) in [6, 6.07) is 23.3. The van der Waals surface area contributed by atoms with E-state index in [0.717, 1.165) is 12.8 Å². The van der Waals surface area contributed by atoms with Gasteiger partial charge in [-0.25, -0.2) is 0 Å². The third-order valence-corrected chi connectivity index (χ3v) is 10.6. The molecule has 2 heteroatoms. The molecular formula is C29H36Si2. The first-order valence-corrected chi connectivity index (χ1v) is 18.6. The molecule has 1 aliphatic rings. The van der Waals surface area contributed by atoms with Crippen LogP contribution >= 0.6 is 0 Å². The fourth-order valence-electron chi connectivity index (χ4n) is 4.52. The van der Waals surface area contributed by atoms with Crippen molar-refractivity contribution in [2.45, 2.75) is 59.0 Å². The summed E-state index contributed by atoms with van der Waals surface area (Å²) in [6.45, 7) is 17.1. The van der Waals surface area contributed by atoms with E-state index in [4.69, 9.17) is 0 Å². The van der Waals surface area contributed by atoms with Crippen LogP contribution in [0.4, 0.5) is 0 Å². The predicted molar refractivity (Wildman–Crippen MR) is 145 cm³/mol. The number of fused-ring (bicyclic) bond motifs is 1. The van der Waals surface area contributed by atoms with Crippen molar-refractivity contribution in [3.63, 3.8) is 0 Å². The highest BCUT2D eigenvalue weighted by Gasteiger charge is 2.26. The summed E-state index contributed by atoms with van der Waals surface area (Å²) in [5.74, 6) is 0. The highest BCUT2D eigenvalue weighted by Crippen LogP contribution is 2.41. The second kappa shape index (κ2) is 8.07. The zero-order valence-corrected chi connectivity index (χ0v) is 22.3. The first kappa shape index (κ1) is 22.0. The lowest BCUT2D eigenvalue weighted by atomic mass is 9.89. The van der Waals surface area contributed by atoms with E-state index in [0.29, 0.717) is 0 Å². The average molecular weight is 441 g/mol. The van der Waals surface area contributed by atoms with E-state index >= 15 is 0 Å². The molecule has 0 nitrogen and oxygen atoms in total. The van der Waals surface area contributed by atoms with Gasteiger partial charge in [-0.2, -0.15) is 0 Å². The van der Waals surface area contributed by atoms with Crippen molar-refractivity contribution in [2.24, 2.45) is 0 Å². The molecule has 0 fully saturated rings. The Labute approximate surface area is 191 Å². The lowest BCUT2D eigenvalue weighted by Crippen LogP contribution is -2.45. The molecule has 3 aromatic carbocycles. The van der Waals surface area contributed by atoms with Crippen molar-refractivity contribution in [3.05, 3.63) is 77.4 Å². The summed E-state index contributed by atoms with van der Waals surface area (Å²) in [5, 5.41) is 3.16. The summed E-state index contributed by atoms with van der Waals surface area (Å²) in [5.41, 5.74) is 10.0. The SMILES string of the molecule is CCC1=Cc2c(ccc(-c3ccccc3)c2-c2cc([Si](C)(C)C)cc([Si](C)(C)C)c2)C1. The van der Waals surface area contributed by atoms with Gasteiger partial charge in [-0.1, -0.05) is 129 Å². The van der Waals surface area contributed by atoms with Crippen molar-refractivity contribution in [2.75, 3.05) is 0 Å². The Morgan fingerprint density at radius 1 is 0.710 bits per heavy atom. The minimum absolute atomic E-state index is 1.10. The summed E-state index contributed by atoms with van der Waals surface area (Å²) in [4.78, 5) is 0. The van der Waals surface area contributed by atoms with Crippen molar-refractivity contribution >= 4 is 32.6 Å². The van der Waals surface area contributed by atoms with Crippen LogP contribution < -0.4 is 10.4 Å². The van der Waals surface area contributed by atoms with E-state index in [1.807, 2.05) is 0 Å². The van der Waals surface area contributed by atoms with Crippen LogP contribution in [-0.2, 0) is 6.42 Å². The third-order valence-electron chi connectivity index (χ3n) is 6.59. The molecule has 0 aromatic heterocycles. The summed E-state index contributed by atoms with van der Waals surface area (Å²) in [6.07, 6.45) is 4.71. The Hall–Kier alpha value is -2.17. The van der Waals surface area contributed by atoms with Gasteiger partial charge in [0.2, 0.25) is 0 Å². The monoisotopic (exact) mass is 440 g/mol. The molecule has 0 amide bonds. The van der Waals surface area contributed by atoms with Crippen LogP contribution in [0.25, 0.3) is 28.3 Å². The molecule has 0 heterocycles. The van der Waals surface area contributed by atoms with Gasteiger partial charge in [0.15, 0.2) is 0 Å². The van der Waals surface area contributed by atoms with E-state index in [-0.39, 0.29) is 0 Å². The van der Waals surface area contributed by atoms with Gasteiger partial charge in [-0.05, 0) is 46.2 Å². The van der Waals surface area contributed by atoms with Crippen LogP contribution in [0.1, 0.15) is 24.5 Å². The van der Waals surface area contributed by atoms with Gasteiger partial charge >= 0.3 is 0 Å². The van der Waals surface area contributed by atoms with Gasteiger partial charge in [-0.3, -0.25) is 0 Å². The van der Waals surface area contributed by atoms with Gasteiger partial charge in [0, 0.05) is 0 Å². The number of hydrogen-bond acceptors (Lipinski definition) is 0. The van der Waals surface area contributed by atoms with E-state index < -0.39 is 16.1 Å². The van der Waals surface area contributed by atoms with Gasteiger partial charge < -0.3 is 0 Å². The minimum Gasteiger partial charge on any atom is -0.0656 e. The zero-order valence-electron chi connectivity index (χ0n) is 20.3. The van der Waals surface area contributed by atoms with E-state index in [2.05, 4.69) is 113 Å². The fraction of sp³-hybridized carbons (Fsp3) is 0.310. The molecule has 0 bridgehead atoms. The average Bonchev–Trinajstić information content (AvgIpc) is 3.15. The molecule has 0 N–H and O–H groups in total. The number of allylic oxidation sites excluding steroid dienone is 1. The topological polar surface area (TPSA) is 0 Å². The van der Waals surface area contributed by atoms with Gasteiger partial charge in [0.05, 0.1) is 16.1 Å². The number of hydrogen-bond donors (Lipinski definition) is 0. The van der Waals surface area contributed by atoms with Crippen LogP contribution in [0.15, 0.2) is 66.2 Å². The fourth-order valence-corrected chi connectivity index (χ4v) is 7.01.